The van der Waals surface area contributed by atoms with Gasteiger partial charge in [0.1, 0.15) is 12.2 Å². The fourth-order valence-corrected chi connectivity index (χ4v) is 2.23. The Labute approximate surface area is 108 Å². The third-order valence-corrected chi connectivity index (χ3v) is 3.32. The maximum Gasteiger partial charge on any atom is 0.140 e. The first-order chi connectivity index (χ1) is 8.83. The third kappa shape index (κ3) is 3.51. The fraction of sp³-hybridized carbons (Fsp3) is 0.833. The van der Waals surface area contributed by atoms with Crippen molar-refractivity contribution < 1.29 is 4.74 Å². The van der Waals surface area contributed by atoms with Crippen LogP contribution in [0, 0.1) is 0 Å². The van der Waals surface area contributed by atoms with Crippen molar-refractivity contribution in [1.29, 1.82) is 0 Å². The molecule has 0 saturated carbocycles. The summed E-state index contributed by atoms with van der Waals surface area (Å²) in [6.07, 6.45) is 1.90. The van der Waals surface area contributed by atoms with Gasteiger partial charge in [-0.05, 0) is 13.5 Å². The van der Waals surface area contributed by atoms with Gasteiger partial charge in [-0.15, -0.1) is 0 Å². The Bertz CT molecular complexity index is 354. The van der Waals surface area contributed by atoms with E-state index in [1.807, 2.05) is 4.68 Å². The lowest BCUT2D eigenvalue weighted by molar-refractivity contribution is -0.0254. The molecule has 6 heteroatoms. The highest BCUT2D eigenvalue weighted by molar-refractivity contribution is 4.84. The standard InChI is InChI=1S/C12H23N5O/c1-3-16-5-6-18-11(9-16)7-13-8-12-14-10-15-17(12)4-2/h10-11,13H,3-9H2,1-2H3. The Morgan fingerprint density at radius 1 is 1.44 bits per heavy atom. The smallest absolute Gasteiger partial charge is 0.140 e. The Kier molecular flexibility index (Phi) is 5.10. The first kappa shape index (κ1) is 13.5. The van der Waals surface area contributed by atoms with E-state index >= 15 is 0 Å². The molecule has 1 saturated heterocycles. The number of ether oxygens (including phenoxy) is 1. The molecule has 1 atom stereocenters. The van der Waals surface area contributed by atoms with Crippen LogP contribution in [-0.2, 0) is 17.8 Å². The predicted octanol–water partition coefficient (Wildman–Crippen LogP) is 0.108. The second-order valence-corrected chi connectivity index (χ2v) is 4.51. The van der Waals surface area contributed by atoms with Gasteiger partial charge < -0.3 is 10.1 Å². The summed E-state index contributed by atoms with van der Waals surface area (Å²) in [4.78, 5) is 6.66. The number of morpholine rings is 1. The van der Waals surface area contributed by atoms with Crippen molar-refractivity contribution in [1.82, 2.24) is 25.0 Å². The molecule has 1 aliphatic heterocycles. The average Bonchev–Trinajstić information content (AvgIpc) is 2.86. The van der Waals surface area contributed by atoms with Crippen molar-refractivity contribution in [3.05, 3.63) is 12.2 Å². The second-order valence-electron chi connectivity index (χ2n) is 4.51. The van der Waals surface area contributed by atoms with Gasteiger partial charge >= 0.3 is 0 Å². The SMILES string of the molecule is CCN1CCOC(CNCc2ncnn2CC)C1. The van der Waals surface area contributed by atoms with Gasteiger partial charge in [0.25, 0.3) is 0 Å². The number of aryl methyl sites for hydroxylation is 1. The normalized spacial score (nSPS) is 21.3. The first-order valence-corrected chi connectivity index (χ1v) is 6.74. The molecule has 1 N–H and O–H groups in total. The van der Waals surface area contributed by atoms with Gasteiger partial charge in [0.05, 0.1) is 19.3 Å². The topological polar surface area (TPSA) is 55.2 Å². The molecule has 0 amide bonds. The summed E-state index contributed by atoms with van der Waals surface area (Å²) < 4.78 is 7.65. The molecule has 0 bridgehead atoms. The van der Waals surface area contributed by atoms with E-state index in [-0.39, 0.29) is 6.10 Å². The van der Waals surface area contributed by atoms with Crippen LogP contribution < -0.4 is 5.32 Å². The fourth-order valence-electron chi connectivity index (χ4n) is 2.23. The Hall–Kier alpha value is -0.980. The number of nitrogens with one attached hydrogen (secondary N) is 1. The van der Waals surface area contributed by atoms with Crippen molar-refractivity contribution >= 4 is 0 Å². The van der Waals surface area contributed by atoms with Crippen molar-refractivity contribution in [3.8, 4) is 0 Å². The molecular formula is C12H23N5O. The zero-order valence-electron chi connectivity index (χ0n) is 11.3. The summed E-state index contributed by atoms with van der Waals surface area (Å²) in [5.41, 5.74) is 0. The van der Waals surface area contributed by atoms with Crippen LogP contribution in [0.4, 0.5) is 0 Å². The molecule has 1 aromatic rings. The van der Waals surface area contributed by atoms with Gasteiger partial charge in [0.2, 0.25) is 0 Å². The van der Waals surface area contributed by atoms with Crippen molar-refractivity contribution in [2.24, 2.45) is 0 Å². The monoisotopic (exact) mass is 253 g/mol. The van der Waals surface area contributed by atoms with Gasteiger partial charge in [0.15, 0.2) is 0 Å². The van der Waals surface area contributed by atoms with Crippen molar-refractivity contribution in [2.75, 3.05) is 32.8 Å². The molecule has 1 aromatic heterocycles. The molecule has 102 valence electrons. The van der Waals surface area contributed by atoms with Crippen LogP contribution in [0.2, 0.25) is 0 Å². The average molecular weight is 253 g/mol. The number of likely N-dealkylation sites (N-methyl/N-ethyl adjacent to an activating group) is 1. The van der Waals surface area contributed by atoms with Gasteiger partial charge in [-0.25, -0.2) is 9.67 Å². The number of rotatable bonds is 6. The maximum absolute atomic E-state index is 5.74. The van der Waals surface area contributed by atoms with E-state index in [1.54, 1.807) is 6.33 Å². The van der Waals surface area contributed by atoms with E-state index in [1.165, 1.54) is 0 Å². The molecule has 0 aliphatic carbocycles. The minimum absolute atomic E-state index is 0.289. The van der Waals surface area contributed by atoms with E-state index in [0.717, 1.165) is 51.7 Å². The van der Waals surface area contributed by atoms with Crippen LogP contribution in [0.5, 0.6) is 0 Å². The highest BCUT2D eigenvalue weighted by Crippen LogP contribution is 2.04. The zero-order chi connectivity index (χ0) is 12.8. The first-order valence-electron chi connectivity index (χ1n) is 6.74. The minimum atomic E-state index is 0.289. The van der Waals surface area contributed by atoms with Gasteiger partial charge in [-0.2, -0.15) is 5.10 Å². The van der Waals surface area contributed by atoms with Crippen molar-refractivity contribution in [3.63, 3.8) is 0 Å². The molecular weight excluding hydrogens is 230 g/mol. The van der Waals surface area contributed by atoms with E-state index < -0.39 is 0 Å². The largest absolute Gasteiger partial charge is 0.374 e. The Morgan fingerprint density at radius 2 is 2.33 bits per heavy atom. The summed E-state index contributed by atoms with van der Waals surface area (Å²) in [6.45, 7) is 10.8. The predicted molar refractivity (Wildman–Crippen MR) is 69.3 cm³/mol. The highest BCUT2D eigenvalue weighted by atomic mass is 16.5. The summed E-state index contributed by atoms with van der Waals surface area (Å²) in [7, 11) is 0. The summed E-state index contributed by atoms with van der Waals surface area (Å²) in [6, 6.07) is 0. The zero-order valence-corrected chi connectivity index (χ0v) is 11.3. The number of hydrogen-bond acceptors (Lipinski definition) is 5. The number of hydrogen-bond donors (Lipinski definition) is 1. The van der Waals surface area contributed by atoms with E-state index in [2.05, 4.69) is 34.1 Å². The molecule has 18 heavy (non-hydrogen) atoms. The van der Waals surface area contributed by atoms with E-state index in [4.69, 9.17) is 4.74 Å². The lowest BCUT2D eigenvalue weighted by Crippen LogP contribution is -2.46. The van der Waals surface area contributed by atoms with Crippen LogP contribution in [0.1, 0.15) is 19.7 Å². The van der Waals surface area contributed by atoms with Crippen LogP contribution in [-0.4, -0.2) is 58.6 Å². The molecule has 6 nitrogen and oxygen atoms in total. The van der Waals surface area contributed by atoms with Gasteiger partial charge in [0, 0.05) is 26.2 Å². The molecule has 0 aromatic carbocycles. The van der Waals surface area contributed by atoms with Crippen LogP contribution in [0.3, 0.4) is 0 Å². The molecule has 2 heterocycles. The second kappa shape index (κ2) is 6.82. The summed E-state index contributed by atoms with van der Waals surface area (Å²) >= 11 is 0. The molecule has 0 spiro atoms. The minimum Gasteiger partial charge on any atom is -0.374 e. The Morgan fingerprint density at radius 3 is 3.11 bits per heavy atom. The van der Waals surface area contributed by atoms with Crippen LogP contribution in [0.25, 0.3) is 0 Å². The van der Waals surface area contributed by atoms with Crippen molar-refractivity contribution in [2.45, 2.75) is 33.0 Å². The molecule has 2 rings (SSSR count). The summed E-state index contributed by atoms with van der Waals surface area (Å²) in [5, 5.41) is 7.55. The Balaban J connectivity index is 1.72. The van der Waals surface area contributed by atoms with Crippen LogP contribution in [0.15, 0.2) is 6.33 Å². The third-order valence-electron chi connectivity index (χ3n) is 3.32. The molecule has 1 unspecified atom stereocenters. The molecule has 1 fully saturated rings. The summed E-state index contributed by atoms with van der Waals surface area (Å²) in [5.74, 6) is 0.987. The van der Waals surface area contributed by atoms with Crippen LogP contribution >= 0.6 is 0 Å². The lowest BCUT2D eigenvalue weighted by Gasteiger charge is -2.32. The van der Waals surface area contributed by atoms with Gasteiger partial charge in [-0.1, -0.05) is 6.92 Å². The van der Waals surface area contributed by atoms with E-state index in [9.17, 15) is 0 Å². The highest BCUT2D eigenvalue weighted by Gasteiger charge is 2.18. The number of nitrogens with zero attached hydrogens (tertiary/aromatic N) is 4. The lowest BCUT2D eigenvalue weighted by atomic mass is 10.2. The quantitative estimate of drug-likeness (QED) is 0.780. The molecule has 0 radical (unpaired) electrons. The maximum atomic E-state index is 5.74. The van der Waals surface area contributed by atoms with Gasteiger partial charge in [-0.3, -0.25) is 4.90 Å². The molecule has 1 aliphatic rings. The number of aromatic nitrogens is 3. The van der Waals surface area contributed by atoms with E-state index in [0.29, 0.717) is 0 Å².